The van der Waals surface area contributed by atoms with Crippen LogP contribution in [-0.4, -0.2) is 6.29 Å². The molecular weight excluding hydrogens is 136 g/mol. The van der Waals surface area contributed by atoms with E-state index in [9.17, 15) is 4.79 Å². The summed E-state index contributed by atoms with van der Waals surface area (Å²) in [5.74, 6) is 0.134. The van der Waals surface area contributed by atoms with E-state index in [1.54, 1.807) is 0 Å². The third-order valence-corrected chi connectivity index (χ3v) is 2.00. The minimum atomic E-state index is 0.0833. The van der Waals surface area contributed by atoms with Crippen molar-refractivity contribution >= 4 is 6.29 Å². The summed E-state index contributed by atoms with van der Waals surface area (Å²) >= 11 is 0. The molecule has 0 fully saturated rings. The molecule has 0 aromatic rings. The van der Waals surface area contributed by atoms with Crippen LogP contribution in [0.4, 0.5) is 0 Å². The molecule has 0 aromatic heterocycles. The van der Waals surface area contributed by atoms with Crippen LogP contribution in [0.5, 0.6) is 0 Å². The Balaban J connectivity index is 4.56. The van der Waals surface area contributed by atoms with Gasteiger partial charge >= 0.3 is 0 Å². The molecule has 0 aliphatic heterocycles. The molecule has 1 nitrogen and oxygen atoms in total. The first kappa shape index (κ1) is 10.7. The molecule has 0 aromatic carbocycles. The predicted octanol–water partition coefficient (Wildman–Crippen LogP) is 2.89. The minimum Gasteiger partial charge on any atom is -0.303 e. The molecule has 0 aliphatic rings. The lowest BCUT2D eigenvalue weighted by atomic mass is 9.67. The number of hydrogen-bond acceptors (Lipinski definition) is 1. The van der Waals surface area contributed by atoms with E-state index in [1.807, 2.05) is 0 Å². The molecule has 66 valence electrons. The number of rotatable bonds is 1. The van der Waals surface area contributed by atoms with Crippen molar-refractivity contribution in [2.45, 2.75) is 41.5 Å². The topological polar surface area (TPSA) is 17.1 Å². The molecule has 0 aliphatic carbocycles. The van der Waals surface area contributed by atoms with E-state index in [2.05, 4.69) is 41.5 Å². The average Bonchev–Trinajstić information content (AvgIpc) is 1.56. The van der Waals surface area contributed by atoms with Crippen molar-refractivity contribution in [2.75, 3.05) is 0 Å². The summed E-state index contributed by atoms with van der Waals surface area (Å²) in [5.41, 5.74) is 0.167. The number of carbonyl (C=O) groups excluding carboxylic acids is 1. The zero-order valence-electron chi connectivity index (χ0n) is 8.56. The molecule has 0 spiro atoms. The monoisotopic (exact) mass is 156 g/mol. The number of carbonyl (C=O) groups is 1. The Kier molecular flexibility index (Phi) is 2.87. The fraction of sp³-hybridized carbons (Fsp3) is 0.900. The van der Waals surface area contributed by atoms with Gasteiger partial charge in [0, 0.05) is 5.92 Å². The fourth-order valence-electron chi connectivity index (χ4n) is 1.71. The van der Waals surface area contributed by atoms with Gasteiger partial charge in [-0.1, -0.05) is 41.5 Å². The first-order valence-electron chi connectivity index (χ1n) is 4.15. The summed E-state index contributed by atoms with van der Waals surface area (Å²) in [6.45, 7) is 12.7. The standard InChI is InChI=1S/C10H20O/c1-9(2,3)8(7-11)10(4,5)6/h7-8H,1-6H3. The first-order chi connectivity index (χ1) is 4.69. The van der Waals surface area contributed by atoms with Crippen molar-refractivity contribution in [1.29, 1.82) is 0 Å². The van der Waals surface area contributed by atoms with Gasteiger partial charge in [-0.2, -0.15) is 0 Å². The number of hydrogen-bond donors (Lipinski definition) is 0. The van der Waals surface area contributed by atoms with E-state index in [0.29, 0.717) is 0 Å². The molecule has 0 saturated carbocycles. The normalized spacial score (nSPS) is 13.7. The van der Waals surface area contributed by atoms with E-state index in [1.165, 1.54) is 0 Å². The van der Waals surface area contributed by atoms with Crippen LogP contribution in [0.1, 0.15) is 41.5 Å². The molecule has 0 amide bonds. The zero-order valence-corrected chi connectivity index (χ0v) is 8.56. The molecular formula is C10H20O. The number of aldehydes is 1. The van der Waals surface area contributed by atoms with Crippen molar-refractivity contribution in [1.82, 2.24) is 0 Å². The second-order valence-corrected chi connectivity index (χ2v) is 5.35. The molecule has 0 radical (unpaired) electrons. The van der Waals surface area contributed by atoms with Gasteiger partial charge in [-0.15, -0.1) is 0 Å². The fourth-order valence-corrected chi connectivity index (χ4v) is 1.71. The molecule has 0 unspecified atom stereocenters. The highest BCUT2D eigenvalue weighted by Gasteiger charge is 2.34. The van der Waals surface area contributed by atoms with Crippen LogP contribution < -0.4 is 0 Å². The molecule has 0 rings (SSSR count). The van der Waals surface area contributed by atoms with Crippen molar-refractivity contribution in [2.24, 2.45) is 16.7 Å². The van der Waals surface area contributed by atoms with Crippen molar-refractivity contribution < 1.29 is 4.79 Å². The molecule has 0 bridgehead atoms. The summed E-state index contributed by atoms with van der Waals surface area (Å²) in [4.78, 5) is 10.8. The Labute approximate surface area is 70.2 Å². The van der Waals surface area contributed by atoms with Crippen LogP contribution in [0.2, 0.25) is 0 Å². The molecule has 11 heavy (non-hydrogen) atoms. The van der Waals surface area contributed by atoms with Crippen LogP contribution in [0.15, 0.2) is 0 Å². The third-order valence-electron chi connectivity index (χ3n) is 2.00. The maximum absolute atomic E-state index is 10.8. The van der Waals surface area contributed by atoms with Gasteiger partial charge in [0.15, 0.2) is 0 Å². The van der Waals surface area contributed by atoms with Gasteiger partial charge in [-0.05, 0) is 10.8 Å². The Morgan fingerprint density at radius 2 is 1.18 bits per heavy atom. The molecule has 0 atom stereocenters. The molecule has 0 saturated heterocycles. The Hall–Kier alpha value is -0.330. The van der Waals surface area contributed by atoms with Crippen LogP contribution >= 0.6 is 0 Å². The lowest BCUT2D eigenvalue weighted by Crippen LogP contribution is -2.33. The van der Waals surface area contributed by atoms with E-state index in [-0.39, 0.29) is 16.7 Å². The van der Waals surface area contributed by atoms with Crippen LogP contribution in [0, 0.1) is 16.7 Å². The average molecular weight is 156 g/mol. The largest absolute Gasteiger partial charge is 0.303 e. The van der Waals surface area contributed by atoms with Gasteiger partial charge in [-0.3, -0.25) is 0 Å². The highest BCUT2D eigenvalue weighted by atomic mass is 16.1. The summed E-state index contributed by atoms with van der Waals surface area (Å²) in [6, 6.07) is 0. The van der Waals surface area contributed by atoms with E-state index in [0.717, 1.165) is 6.29 Å². The first-order valence-corrected chi connectivity index (χ1v) is 4.15. The Morgan fingerprint density at radius 1 is 0.909 bits per heavy atom. The van der Waals surface area contributed by atoms with Gasteiger partial charge in [0.05, 0.1) is 0 Å². The lowest BCUT2D eigenvalue weighted by Gasteiger charge is -2.36. The van der Waals surface area contributed by atoms with Crippen molar-refractivity contribution in [3.8, 4) is 0 Å². The Morgan fingerprint density at radius 3 is 1.18 bits per heavy atom. The molecule has 0 N–H and O–H groups in total. The summed E-state index contributed by atoms with van der Waals surface area (Å²) in [7, 11) is 0. The second-order valence-electron chi connectivity index (χ2n) is 5.35. The van der Waals surface area contributed by atoms with Gasteiger partial charge in [0.2, 0.25) is 0 Å². The lowest BCUT2D eigenvalue weighted by molar-refractivity contribution is -0.118. The Bertz CT molecular complexity index is 120. The summed E-state index contributed by atoms with van der Waals surface area (Å²) in [5, 5.41) is 0. The highest BCUT2D eigenvalue weighted by Crippen LogP contribution is 2.37. The van der Waals surface area contributed by atoms with Gasteiger partial charge in [0.25, 0.3) is 0 Å². The molecule has 1 heteroatoms. The SMILES string of the molecule is CC(C)(C)C(C=O)C(C)(C)C. The van der Waals surface area contributed by atoms with E-state index >= 15 is 0 Å². The summed E-state index contributed by atoms with van der Waals surface area (Å²) in [6.07, 6.45) is 1.08. The van der Waals surface area contributed by atoms with Gasteiger partial charge < -0.3 is 4.79 Å². The van der Waals surface area contributed by atoms with Crippen LogP contribution in [0.3, 0.4) is 0 Å². The van der Waals surface area contributed by atoms with Crippen molar-refractivity contribution in [3.05, 3.63) is 0 Å². The highest BCUT2D eigenvalue weighted by molar-refractivity contribution is 5.56. The smallest absolute Gasteiger partial charge is 0.124 e. The molecule has 0 heterocycles. The van der Waals surface area contributed by atoms with Gasteiger partial charge in [0.1, 0.15) is 6.29 Å². The van der Waals surface area contributed by atoms with Crippen LogP contribution in [-0.2, 0) is 4.79 Å². The minimum absolute atomic E-state index is 0.0833. The summed E-state index contributed by atoms with van der Waals surface area (Å²) < 4.78 is 0. The second kappa shape index (κ2) is 2.96. The maximum atomic E-state index is 10.8. The zero-order chi connectivity index (χ0) is 9.28. The maximum Gasteiger partial charge on any atom is 0.124 e. The van der Waals surface area contributed by atoms with E-state index in [4.69, 9.17) is 0 Å². The van der Waals surface area contributed by atoms with Crippen LogP contribution in [0.25, 0.3) is 0 Å². The predicted molar refractivity (Wildman–Crippen MR) is 48.5 cm³/mol. The quantitative estimate of drug-likeness (QED) is 0.533. The van der Waals surface area contributed by atoms with Gasteiger partial charge in [-0.25, -0.2) is 0 Å². The van der Waals surface area contributed by atoms with E-state index < -0.39 is 0 Å². The van der Waals surface area contributed by atoms with Crippen molar-refractivity contribution in [3.63, 3.8) is 0 Å². The third kappa shape index (κ3) is 3.04.